The van der Waals surface area contributed by atoms with E-state index < -0.39 is 21.7 Å². The van der Waals surface area contributed by atoms with E-state index in [-0.39, 0.29) is 24.5 Å². The summed E-state index contributed by atoms with van der Waals surface area (Å²) >= 11 is 0. The molecule has 1 aliphatic heterocycles. The molecule has 140 valence electrons. The van der Waals surface area contributed by atoms with Gasteiger partial charge in [0.2, 0.25) is 10.0 Å². The van der Waals surface area contributed by atoms with Gasteiger partial charge in [-0.25, -0.2) is 8.42 Å². The Morgan fingerprint density at radius 1 is 1.15 bits per heavy atom. The smallest absolute Gasteiger partial charge is 0.243 e. The number of rotatable bonds is 6. The Labute approximate surface area is 154 Å². The van der Waals surface area contributed by atoms with Gasteiger partial charge in [-0.15, -0.1) is 0 Å². The van der Waals surface area contributed by atoms with E-state index in [2.05, 4.69) is 5.32 Å². The molecule has 1 aliphatic rings. The number of nitrogens with zero attached hydrogens (tertiary/aromatic N) is 1. The summed E-state index contributed by atoms with van der Waals surface area (Å²) in [6.07, 6.45) is -1.15. The lowest BCUT2D eigenvalue weighted by Gasteiger charge is -2.26. The summed E-state index contributed by atoms with van der Waals surface area (Å²) in [6, 6.07) is 16.0. The Morgan fingerprint density at radius 2 is 1.81 bits per heavy atom. The number of hydrogen-bond acceptors (Lipinski definition) is 5. The summed E-state index contributed by atoms with van der Waals surface area (Å²) in [5, 5.41) is 24.1. The monoisotopic (exact) mass is 376 g/mol. The van der Waals surface area contributed by atoms with Gasteiger partial charge in [0, 0.05) is 26.2 Å². The number of β-amino-alcohol motifs (C(OH)–C–C–N with tert-alkyl or cyclic N) is 2. The minimum Gasteiger partial charge on any atom is -0.389 e. The number of aliphatic hydroxyl groups is 2. The van der Waals surface area contributed by atoms with Crippen LogP contribution in [0.15, 0.2) is 59.5 Å². The molecule has 1 fully saturated rings. The van der Waals surface area contributed by atoms with E-state index in [1.54, 1.807) is 18.2 Å². The summed E-state index contributed by atoms with van der Waals surface area (Å²) in [6.45, 7) is 2.37. The molecule has 6 nitrogen and oxygen atoms in total. The van der Waals surface area contributed by atoms with Crippen molar-refractivity contribution in [3.63, 3.8) is 0 Å². The predicted octanol–water partition coefficient (Wildman–Crippen LogP) is 0.881. The standard InChI is InChI=1S/C19H24N2O4S/c1-15-7-9-16(10-8-15)11-20-13-19(23)14-21(12-18(19)22)26(24,25)17-5-3-2-4-6-17/h2-10,18,20,22-23H,11-14H2,1H3/t18-,19+/m1/s1. The second-order valence-corrected chi connectivity index (χ2v) is 8.76. The lowest BCUT2D eigenvalue weighted by Crippen LogP contribution is -2.50. The summed E-state index contributed by atoms with van der Waals surface area (Å²) in [5.41, 5.74) is 0.702. The molecule has 0 saturated carbocycles. The molecule has 1 heterocycles. The number of aryl methyl sites for hydroxylation is 1. The second kappa shape index (κ2) is 7.46. The number of sulfonamides is 1. The van der Waals surface area contributed by atoms with Gasteiger partial charge in [0.25, 0.3) is 0 Å². The van der Waals surface area contributed by atoms with Gasteiger partial charge in [0.1, 0.15) is 5.60 Å². The topological polar surface area (TPSA) is 89.9 Å². The molecule has 0 spiro atoms. The van der Waals surface area contributed by atoms with Gasteiger partial charge in [-0.3, -0.25) is 0 Å². The van der Waals surface area contributed by atoms with Crippen LogP contribution in [0.25, 0.3) is 0 Å². The molecule has 3 N–H and O–H groups in total. The van der Waals surface area contributed by atoms with Gasteiger partial charge in [-0.1, -0.05) is 48.0 Å². The van der Waals surface area contributed by atoms with Crippen molar-refractivity contribution >= 4 is 10.0 Å². The van der Waals surface area contributed by atoms with Crippen molar-refractivity contribution in [2.24, 2.45) is 0 Å². The van der Waals surface area contributed by atoms with Crippen LogP contribution in [0.4, 0.5) is 0 Å². The lowest BCUT2D eigenvalue weighted by molar-refractivity contribution is -0.0384. The van der Waals surface area contributed by atoms with E-state index >= 15 is 0 Å². The zero-order chi connectivity index (χ0) is 18.8. The summed E-state index contributed by atoms with van der Waals surface area (Å²) < 4.78 is 26.5. The molecule has 0 aromatic heterocycles. The third-order valence-electron chi connectivity index (χ3n) is 4.71. The third kappa shape index (κ3) is 3.97. The molecule has 26 heavy (non-hydrogen) atoms. The largest absolute Gasteiger partial charge is 0.389 e. The first-order valence-corrected chi connectivity index (χ1v) is 9.97. The van der Waals surface area contributed by atoms with Gasteiger partial charge in [-0.05, 0) is 24.6 Å². The van der Waals surface area contributed by atoms with Crippen LogP contribution in [-0.4, -0.2) is 54.3 Å². The summed E-state index contributed by atoms with van der Waals surface area (Å²) in [4.78, 5) is 0.157. The fourth-order valence-corrected chi connectivity index (χ4v) is 4.60. The van der Waals surface area contributed by atoms with E-state index in [0.29, 0.717) is 6.54 Å². The number of benzene rings is 2. The average Bonchev–Trinajstić information content (AvgIpc) is 2.93. The van der Waals surface area contributed by atoms with Crippen molar-refractivity contribution in [2.75, 3.05) is 19.6 Å². The van der Waals surface area contributed by atoms with Crippen LogP contribution < -0.4 is 5.32 Å². The minimum atomic E-state index is -3.74. The molecule has 2 atom stereocenters. The number of hydrogen-bond donors (Lipinski definition) is 3. The van der Waals surface area contributed by atoms with Crippen molar-refractivity contribution in [1.82, 2.24) is 9.62 Å². The summed E-state index contributed by atoms with van der Waals surface area (Å²) in [7, 11) is -3.74. The SMILES string of the molecule is Cc1ccc(CNC[C@]2(O)CN(S(=O)(=O)c3ccccc3)C[C@H]2O)cc1. The van der Waals surface area contributed by atoms with Crippen LogP contribution in [0, 0.1) is 6.92 Å². The first kappa shape index (κ1) is 19.0. The second-order valence-electron chi connectivity index (χ2n) is 6.82. The molecule has 7 heteroatoms. The van der Waals surface area contributed by atoms with E-state index in [0.717, 1.165) is 9.87 Å². The fraction of sp³-hybridized carbons (Fsp3) is 0.368. The molecule has 2 aromatic rings. The highest BCUT2D eigenvalue weighted by Crippen LogP contribution is 2.27. The van der Waals surface area contributed by atoms with Gasteiger partial charge in [0.05, 0.1) is 11.0 Å². The molecule has 2 aromatic carbocycles. The highest BCUT2D eigenvalue weighted by atomic mass is 32.2. The van der Waals surface area contributed by atoms with Gasteiger partial charge in [0.15, 0.2) is 0 Å². The van der Waals surface area contributed by atoms with Crippen molar-refractivity contribution < 1.29 is 18.6 Å². The highest BCUT2D eigenvalue weighted by molar-refractivity contribution is 7.89. The molecule has 1 saturated heterocycles. The third-order valence-corrected chi connectivity index (χ3v) is 6.53. The Hall–Kier alpha value is -1.77. The van der Waals surface area contributed by atoms with Crippen molar-refractivity contribution in [2.45, 2.75) is 30.1 Å². The maximum atomic E-state index is 12.7. The highest BCUT2D eigenvalue weighted by Gasteiger charge is 2.48. The molecule has 3 rings (SSSR count). The molecule has 0 bridgehead atoms. The Morgan fingerprint density at radius 3 is 2.46 bits per heavy atom. The zero-order valence-electron chi connectivity index (χ0n) is 14.7. The van der Waals surface area contributed by atoms with Gasteiger partial charge < -0.3 is 15.5 Å². The quantitative estimate of drug-likeness (QED) is 0.696. The van der Waals surface area contributed by atoms with Crippen LogP contribution >= 0.6 is 0 Å². The maximum Gasteiger partial charge on any atom is 0.243 e. The molecule has 0 unspecified atom stereocenters. The van der Waals surface area contributed by atoms with Gasteiger partial charge in [-0.2, -0.15) is 4.31 Å². The van der Waals surface area contributed by atoms with Crippen molar-refractivity contribution in [3.8, 4) is 0 Å². The van der Waals surface area contributed by atoms with Crippen LogP contribution in [0.2, 0.25) is 0 Å². The number of nitrogens with one attached hydrogen (secondary N) is 1. The van der Waals surface area contributed by atoms with Crippen LogP contribution in [0.5, 0.6) is 0 Å². The predicted molar refractivity (Wildman–Crippen MR) is 99.0 cm³/mol. The van der Waals surface area contributed by atoms with E-state index in [1.807, 2.05) is 31.2 Å². The molecular formula is C19H24N2O4S. The zero-order valence-corrected chi connectivity index (χ0v) is 15.5. The summed E-state index contributed by atoms with van der Waals surface area (Å²) in [5.74, 6) is 0. The fourth-order valence-electron chi connectivity index (χ4n) is 3.07. The Kier molecular flexibility index (Phi) is 5.45. The molecule has 0 radical (unpaired) electrons. The van der Waals surface area contributed by atoms with Crippen molar-refractivity contribution in [3.05, 3.63) is 65.7 Å². The molecular weight excluding hydrogens is 352 g/mol. The van der Waals surface area contributed by atoms with Crippen molar-refractivity contribution in [1.29, 1.82) is 0 Å². The molecule has 0 amide bonds. The van der Waals surface area contributed by atoms with Gasteiger partial charge >= 0.3 is 0 Å². The lowest BCUT2D eigenvalue weighted by atomic mass is 10.0. The van der Waals surface area contributed by atoms with Crippen LogP contribution in [0.1, 0.15) is 11.1 Å². The Bertz CT molecular complexity index is 840. The Balaban J connectivity index is 1.64. The van der Waals surface area contributed by atoms with Crippen LogP contribution in [-0.2, 0) is 16.6 Å². The minimum absolute atomic E-state index is 0.100. The van der Waals surface area contributed by atoms with E-state index in [1.165, 1.54) is 17.7 Å². The first-order chi connectivity index (χ1) is 12.3. The normalized spacial score (nSPS) is 24.0. The first-order valence-electron chi connectivity index (χ1n) is 8.53. The van der Waals surface area contributed by atoms with E-state index in [9.17, 15) is 18.6 Å². The van der Waals surface area contributed by atoms with Crippen LogP contribution in [0.3, 0.4) is 0 Å². The average molecular weight is 376 g/mol. The van der Waals surface area contributed by atoms with E-state index in [4.69, 9.17) is 0 Å². The maximum absolute atomic E-state index is 12.7. The number of aliphatic hydroxyl groups excluding tert-OH is 1. The molecule has 0 aliphatic carbocycles.